The van der Waals surface area contributed by atoms with Gasteiger partial charge in [0, 0.05) is 13.1 Å². The van der Waals surface area contributed by atoms with Crippen LogP contribution < -0.4 is 4.74 Å². The van der Waals surface area contributed by atoms with Gasteiger partial charge >= 0.3 is 0 Å². The highest BCUT2D eigenvalue weighted by Crippen LogP contribution is 2.26. The molecule has 2 aromatic rings. The first-order chi connectivity index (χ1) is 13.1. The predicted molar refractivity (Wildman–Crippen MR) is 102 cm³/mol. The summed E-state index contributed by atoms with van der Waals surface area (Å²) in [5.74, 6) is 0.508. The minimum Gasteiger partial charge on any atom is -0.484 e. The third kappa shape index (κ3) is 3.68. The summed E-state index contributed by atoms with van der Waals surface area (Å²) in [7, 11) is 0. The van der Waals surface area contributed by atoms with Crippen molar-refractivity contribution in [3.8, 4) is 16.9 Å². The van der Waals surface area contributed by atoms with E-state index in [1.165, 1.54) is 4.90 Å². The van der Waals surface area contributed by atoms with E-state index >= 15 is 0 Å². The highest BCUT2D eigenvalue weighted by Gasteiger charge is 2.43. The Hall–Kier alpha value is -2.80. The van der Waals surface area contributed by atoms with E-state index in [1.807, 2.05) is 54.6 Å². The lowest BCUT2D eigenvalue weighted by atomic mass is 10.1. The fourth-order valence-electron chi connectivity index (χ4n) is 3.15. The topological polar surface area (TPSA) is 66.9 Å². The van der Waals surface area contributed by atoms with Gasteiger partial charge in [-0.2, -0.15) is 0 Å². The summed E-state index contributed by atoms with van der Waals surface area (Å²) in [6, 6.07) is 17.4. The zero-order valence-electron chi connectivity index (χ0n) is 14.5. The van der Waals surface area contributed by atoms with Gasteiger partial charge < -0.3 is 9.64 Å². The number of nitrogens with zero attached hydrogens (tertiary/aromatic N) is 2. The molecule has 2 aliphatic rings. The summed E-state index contributed by atoms with van der Waals surface area (Å²) >= 11 is 1.02. The molecule has 138 valence electrons. The quantitative estimate of drug-likeness (QED) is 0.795. The number of ether oxygens (including phenoxy) is 1. The molecule has 0 bridgehead atoms. The average molecular weight is 382 g/mol. The van der Waals surface area contributed by atoms with E-state index in [0.717, 1.165) is 22.9 Å². The Morgan fingerprint density at radius 2 is 1.67 bits per heavy atom. The SMILES string of the molecule is O=C(COc1ccc(-c2ccccc2)cc1)N1CC(N2C(=O)CSC2=O)C1. The molecule has 0 aromatic heterocycles. The van der Waals surface area contributed by atoms with E-state index < -0.39 is 0 Å². The van der Waals surface area contributed by atoms with Gasteiger partial charge in [-0.1, -0.05) is 54.2 Å². The molecule has 6 nitrogen and oxygen atoms in total. The summed E-state index contributed by atoms with van der Waals surface area (Å²) in [4.78, 5) is 38.5. The van der Waals surface area contributed by atoms with Crippen molar-refractivity contribution in [3.05, 3.63) is 54.6 Å². The van der Waals surface area contributed by atoms with Gasteiger partial charge in [-0.15, -0.1) is 0 Å². The van der Waals surface area contributed by atoms with Crippen molar-refractivity contribution >= 4 is 28.8 Å². The molecule has 3 amide bonds. The first-order valence-electron chi connectivity index (χ1n) is 8.67. The second kappa shape index (κ2) is 7.44. The first kappa shape index (κ1) is 17.6. The van der Waals surface area contributed by atoms with Crippen molar-refractivity contribution < 1.29 is 19.1 Å². The number of thioether (sulfide) groups is 1. The van der Waals surface area contributed by atoms with Gasteiger partial charge in [-0.3, -0.25) is 19.3 Å². The van der Waals surface area contributed by atoms with Crippen LogP contribution in [0.25, 0.3) is 11.1 Å². The smallest absolute Gasteiger partial charge is 0.289 e. The molecule has 2 fully saturated rings. The molecule has 2 aromatic carbocycles. The van der Waals surface area contributed by atoms with Gasteiger partial charge in [-0.25, -0.2) is 0 Å². The van der Waals surface area contributed by atoms with Crippen molar-refractivity contribution in [2.75, 3.05) is 25.4 Å². The van der Waals surface area contributed by atoms with Crippen LogP contribution in [-0.2, 0) is 9.59 Å². The lowest BCUT2D eigenvalue weighted by Gasteiger charge is -2.42. The lowest BCUT2D eigenvalue weighted by Crippen LogP contribution is -2.62. The third-order valence-corrected chi connectivity index (χ3v) is 5.52. The molecule has 0 aliphatic carbocycles. The maximum Gasteiger partial charge on any atom is 0.289 e. The van der Waals surface area contributed by atoms with Crippen LogP contribution in [0.2, 0.25) is 0 Å². The second-order valence-corrected chi connectivity index (χ2v) is 7.38. The number of benzene rings is 2. The van der Waals surface area contributed by atoms with Gasteiger partial charge in [0.25, 0.3) is 11.1 Å². The number of rotatable bonds is 5. The Labute approximate surface area is 161 Å². The summed E-state index contributed by atoms with van der Waals surface area (Å²) < 4.78 is 5.58. The van der Waals surface area contributed by atoms with Crippen LogP contribution in [0.5, 0.6) is 5.75 Å². The molecule has 0 saturated carbocycles. The van der Waals surface area contributed by atoms with E-state index in [4.69, 9.17) is 4.74 Å². The molecular formula is C20H18N2O4S. The predicted octanol–water partition coefficient (Wildman–Crippen LogP) is 2.64. The molecule has 2 saturated heterocycles. The van der Waals surface area contributed by atoms with Crippen LogP contribution >= 0.6 is 11.8 Å². The van der Waals surface area contributed by atoms with E-state index in [1.54, 1.807) is 4.90 Å². The van der Waals surface area contributed by atoms with Crippen LogP contribution in [0.4, 0.5) is 4.79 Å². The fourth-order valence-corrected chi connectivity index (χ4v) is 3.93. The van der Waals surface area contributed by atoms with Gasteiger partial charge in [0.2, 0.25) is 5.91 Å². The minimum atomic E-state index is -0.216. The van der Waals surface area contributed by atoms with E-state index in [0.29, 0.717) is 18.8 Å². The Balaban J connectivity index is 1.27. The maximum absolute atomic E-state index is 12.2. The standard InChI is InChI=1S/C20H18N2O4S/c23-18(21-10-16(11-21)22-19(24)13-27-20(22)25)12-26-17-8-6-15(7-9-17)14-4-2-1-3-5-14/h1-9,16H,10-13H2. The fraction of sp³-hybridized carbons (Fsp3) is 0.250. The normalized spacial score (nSPS) is 17.2. The summed E-state index contributed by atoms with van der Waals surface area (Å²) in [6.45, 7) is 0.703. The number of likely N-dealkylation sites (tertiary alicyclic amines) is 1. The molecule has 0 unspecified atom stereocenters. The van der Waals surface area contributed by atoms with Crippen molar-refractivity contribution in [3.63, 3.8) is 0 Å². The van der Waals surface area contributed by atoms with Crippen LogP contribution in [0.3, 0.4) is 0 Å². The molecule has 0 spiro atoms. The van der Waals surface area contributed by atoms with Crippen molar-refractivity contribution in [1.29, 1.82) is 0 Å². The zero-order chi connectivity index (χ0) is 18.8. The van der Waals surface area contributed by atoms with Crippen molar-refractivity contribution in [2.24, 2.45) is 0 Å². The number of hydrogen-bond acceptors (Lipinski definition) is 5. The van der Waals surface area contributed by atoms with E-state index in [2.05, 4.69) is 0 Å². The highest BCUT2D eigenvalue weighted by molar-refractivity contribution is 8.14. The second-order valence-electron chi connectivity index (χ2n) is 6.45. The summed E-state index contributed by atoms with van der Waals surface area (Å²) in [6.07, 6.45) is 0. The van der Waals surface area contributed by atoms with Gasteiger partial charge in [0.1, 0.15) is 5.75 Å². The number of carbonyl (C=O) groups is 3. The largest absolute Gasteiger partial charge is 0.484 e. The molecule has 0 atom stereocenters. The summed E-state index contributed by atoms with van der Waals surface area (Å²) in [5, 5.41) is -0.216. The van der Waals surface area contributed by atoms with Crippen LogP contribution in [0, 0.1) is 0 Å². The van der Waals surface area contributed by atoms with Gasteiger partial charge in [-0.05, 0) is 23.3 Å². The highest BCUT2D eigenvalue weighted by atomic mass is 32.2. The number of hydrogen-bond donors (Lipinski definition) is 0. The maximum atomic E-state index is 12.2. The monoisotopic (exact) mass is 382 g/mol. The van der Waals surface area contributed by atoms with E-state index in [-0.39, 0.29) is 35.5 Å². The van der Waals surface area contributed by atoms with Crippen molar-refractivity contribution in [2.45, 2.75) is 6.04 Å². The summed E-state index contributed by atoms with van der Waals surface area (Å²) in [5.41, 5.74) is 2.20. The molecule has 0 radical (unpaired) electrons. The Morgan fingerprint density at radius 1 is 1.00 bits per heavy atom. The average Bonchev–Trinajstić information content (AvgIpc) is 2.99. The van der Waals surface area contributed by atoms with Crippen LogP contribution in [0.1, 0.15) is 0 Å². The van der Waals surface area contributed by atoms with Gasteiger partial charge in [0.15, 0.2) is 6.61 Å². The van der Waals surface area contributed by atoms with Crippen LogP contribution in [-0.4, -0.2) is 58.3 Å². The molecule has 4 rings (SSSR count). The molecular weight excluding hydrogens is 364 g/mol. The third-order valence-electron chi connectivity index (χ3n) is 4.69. The number of carbonyl (C=O) groups excluding carboxylic acids is 3. The molecule has 2 heterocycles. The molecule has 7 heteroatoms. The number of amides is 3. The Bertz CT molecular complexity index is 847. The Kier molecular flexibility index (Phi) is 4.85. The van der Waals surface area contributed by atoms with Crippen LogP contribution in [0.15, 0.2) is 54.6 Å². The van der Waals surface area contributed by atoms with Crippen molar-refractivity contribution in [1.82, 2.24) is 9.80 Å². The Morgan fingerprint density at radius 3 is 2.30 bits per heavy atom. The minimum absolute atomic E-state index is 0.0615. The first-order valence-corrected chi connectivity index (χ1v) is 9.65. The zero-order valence-corrected chi connectivity index (χ0v) is 15.4. The van der Waals surface area contributed by atoms with E-state index in [9.17, 15) is 14.4 Å². The molecule has 2 aliphatic heterocycles. The molecule has 0 N–H and O–H groups in total. The molecule has 27 heavy (non-hydrogen) atoms. The lowest BCUT2D eigenvalue weighted by molar-refractivity contribution is -0.143. The van der Waals surface area contributed by atoms with Gasteiger partial charge in [0.05, 0.1) is 11.8 Å². The number of imide groups is 1.